The van der Waals surface area contributed by atoms with E-state index in [4.69, 9.17) is 18.9 Å². The summed E-state index contributed by atoms with van der Waals surface area (Å²) in [6.07, 6.45) is 2.99. The number of rotatable bonds is 19. The van der Waals surface area contributed by atoms with E-state index in [1.54, 1.807) is 7.11 Å². The van der Waals surface area contributed by atoms with Gasteiger partial charge in [0.05, 0.1) is 25.9 Å². The van der Waals surface area contributed by atoms with Crippen LogP contribution in [0.25, 0.3) is 0 Å². The third kappa shape index (κ3) is 16.0. The van der Waals surface area contributed by atoms with E-state index in [0.717, 1.165) is 19.3 Å². The van der Waals surface area contributed by atoms with Gasteiger partial charge in [0.15, 0.2) is 6.29 Å². The normalized spacial score (nSPS) is 13.4. The molecule has 0 aromatic rings. The lowest BCUT2D eigenvalue weighted by atomic mass is 10.2. The molecule has 0 aromatic heterocycles. The molecule has 25 heavy (non-hydrogen) atoms. The Morgan fingerprint density at radius 3 is 2.36 bits per heavy atom. The zero-order valence-corrected chi connectivity index (χ0v) is 15.3. The average molecular weight is 363 g/mol. The number of hydrogen-bond donors (Lipinski definition) is 0. The monoisotopic (exact) mass is 363 g/mol. The highest BCUT2D eigenvalue weighted by atomic mass is 16.7. The summed E-state index contributed by atoms with van der Waals surface area (Å²) in [5.41, 5.74) is 0. The van der Waals surface area contributed by atoms with E-state index in [9.17, 15) is 14.7 Å². The summed E-state index contributed by atoms with van der Waals surface area (Å²) in [4.78, 5) is 20.5. The molecule has 148 valence electrons. The van der Waals surface area contributed by atoms with E-state index in [1.807, 2.05) is 6.92 Å². The Morgan fingerprint density at radius 1 is 1.00 bits per heavy atom. The van der Waals surface area contributed by atoms with Crippen LogP contribution < -0.4 is 5.11 Å². The molecule has 0 bridgehead atoms. The minimum absolute atomic E-state index is 0.0229. The molecule has 0 saturated heterocycles. The molecule has 0 radical (unpaired) electrons. The highest BCUT2D eigenvalue weighted by Gasteiger charge is 2.17. The molecule has 0 aliphatic heterocycles. The summed E-state index contributed by atoms with van der Waals surface area (Å²) in [6, 6.07) is 0. The third-order valence-corrected chi connectivity index (χ3v) is 3.45. The van der Waals surface area contributed by atoms with E-state index < -0.39 is 12.3 Å². The van der Waals surface area contributed by atoms with Crippen LogP contribution in [0.4, 0.5) is 0 Å². The van der Waals surface area contributed by atoms with Gasteiger partial charge in [0.2, 0.25) is 0 Å². The first-order valence-corrected chi connectivity index (χ1v) is 8.72. The van der Waals surface area contributed by atoms with E-state index in [0.29, 0.717) is 39.1 Å². The molecule has 0 saturated carbocycles. The number of carbonyl (C=O) groups excluding carboxylic acids is 2. The second kappa shape index (κ2) is 17.6. The molecule has 8 heteroatoms. The number of hydrogen-bond acceptors (Lipinski definition) is 8. The van der Waals surface area contributed by atoms with Crippen molar-refractivity contribution in [3.05, 3.63) is 0 Å². The van der Waals surface area contributed by atoms with Crippen molar-refractivity contribution >= 4 is 12.4 Å². The van der Waals surface area contributed by atoms with Gasteiger partial charge in [0.25, 0.3) is 6.47 Å². The fraction of sp³-hybridized carbons (Fsp3) is 0.882. The van der Waals surface area contributed by atoms with Crippen LogP contribution in [0.3, 0.4) is 0 Å². The standard InChI is InChI=1S/C17H32O8/c1-3-15(23-11-9-21-2)13-17(25-12-10-22-14-18)24-8-6-4-5-7-16(19)20/h14-15,17H,3-13H2,1-2H3,(H,19,20)/p-1. The summed E-state index contributed by atoms with van der Waals surface area (Å²) in [5, 5.41) is 10.4. The Morgan fingerprint density at radius 2 is 1.72 bits per heavy atom. The van der Waals surface area contributed by atoms with Gasteiger partial charge in [-0.3, -0.25) is 4.79 Å². The lowest BCUT2D eigenvalue weighted by molar-refractivity contribution is -0.305. The van der Waals surface area contributed by atoms with Crippen LogP contribution in [-0.2, 0) is 33.3 Å². The second-order valence-electron chi connectivity index (χ2n) is 5.45. The third-order valence-electron chi connectivity index (χ3n) is 3.45. The maximum absolute atomic E-state index is 10.4. The smallest absolute Gasteiger partial charge is 0.293 e. The van der Waals surface area contributed by atoms with Gasteiger partial charge in [-0.05, 0) is 25.7 Å². The molecule has 0 aliphatic rings. The molecule has 0 aliphatic carbocycles. The number of unbranched alkanes of at least 4 members (excludes halogenated alkanes) is 2. The summed E-state index contributed by atoms with van der Waals surface area (Å²) < 4.78 is 26.6. The van der Waals surface area contributed by atoms with Crippen LogP contribution in [-0.4, -0.2) is 65.0 Å². The number of ether oxygens (including phenoxy) is 5. The van der Waals surface area contributed by atoms with Gasteiger partial charge in [-0.25, -0.2) is 0 Å². The van der Waals surface area contributed by atoms with Crippen LogP contribution in [0, 0.1) is 0 Å². The minimum Gasteiger partial charge on any atom is -0.550 e. The highest BCUT2D eigenvalue weighted by molar-refractivity contribution is 5.63. The fourth-order valence-corrected chi connectivity index (χ4v) is 2.09. The molecule has 0 aromatic carbocycles. The molecular weight excluding hydrogens is 332 g/mol. The minimum atomic E-state index is -1.03. The average Bonchev–Trinajstić information content (AvgIpc) is 2.60. The first-order valence-electron chi connectivity index (χ1n) is 8.72. The van der Waals surface area contributed by atoms with Crippen LogP contribution >= 0.6 is 0 Å². The lowest BCUT2D eigenvalue weighted by Crippen LogP contribution is -2.28. The van der Waals surface area contributed by atoms with Crippen molar-refractivity contribution < 1.29 is 38.4 Å². The molecule has 0 amide bonds. The van der Waals surface area contributed by atoms with Crippen LogP contribution in [0.15, 0.2) is 0 Å². The van der Waals surface area contributed by atoms with Crippen molar-refractivity contribution in [2.24, 2.45) is 0 Å². The molecule has 8 nitrogen and oxygen atoms in total. The summed E-state index contributed by atoms with van der Waals surface area (Å²) >= 11 is 0. The molecule has 0 rings (SSSR count). The number of carboxylic acid groups (broad SMARTS) is 1. The molecule has 0 N–H and O–H groups in total. The number of carboxylic acids is 1. The Hall–Kier alpha value is -1.22. The van der Waals surface area contributed by atoms with E-state index in [2.05, 4.69) is 4.74 Å². The van der Waals surface area contributed by atoms with Crippen molar-refractivity contribution in [2.45, 2.75) is 57.8 Å². The van der Waals surface area contributed by atoms with Crippen molar-refractivity contribution in [3.8, 4) is 0 Å². The largest absolute Gasteiger partial charge is 0.550 e. The van der Waals surface area contributed by atoms with Gasteiger partial charge < -0.3 is 33.6 Å². The zero-order valence-electron chi connectivity index (χ0n) is 15.3. The first kappa shape index (κ1) is 23.8. The Kier molecular flexibility index (Phi) is 16.7. The molecule has 0 spiro atoms. The van der Waals surface area contributed by atoms with Crippen molar-refractivity contribution in [2.75, 3.05) is 40.1 Å². The van der Waals surface area contributed by atoms with Crippen molar-refractivity contribution in [1.29, 1.82) is 0 Å². The summed E-state index contributed by atoms with van der Waals surface area (Å²) in [7, 11) is 1.62. The van der Waals surface area contributed by atoms with Crippen LogP contribution in [0.2, 0.25) is 0 Å². The topological polar surface area (TPSA) is 103 Å². The van der Waals surface area contributed by atoms with Crippen LogP contribution in [0.1, 0.15) is 45.4 Å². The molecule has 0 fully saturated rings. The SMILES string of the molecule is CCC(CC(OCCCCCC(=O)[O-])OCCOC=O)OCCOC. The summed E-state index contributed by atoms with van der Waals surface area (Å²) in [5.74, 6) is -1.03. The van der Waals surface area contributed by atoms with Crippen molar-refractivity contribution in [3.63, 3.8) is 0 Å². The maximum atomic E-state index is 10.4. The summed E-state index contributed by atoms with van der Waals surface area (Å²) in [6.45, 7) is 4.27. The second-order valence-corrected chi connectivity index (χ2v) is 5.45. The van der Waals surface area contributed by atoms with E-state index in [-0.39, 0.29) is 25.7 Å². The van der Waals surface area contributed by atoms with Gasteiger partial charge in [-0.1, -0.05) is 13.3 Å². The number of carbonyl (C=O) groups is 2. The maximum Gasteiger partial charge on any atom is 0.293 e. The predicted octanol–water partition coefficient (Wildman–Crippen LogP) is 0.661. The Balaban J connectivity index is 4.14. The van der Waals surface area contributed by atoms with Gasteiger partial charge in [-0.2, -0.15) is 0 Å². The Bertz CT molecular complexity index is 324. The quantitative estimate of drug-likeness (QED) is 0.187. The molecule has 2 unspecified atom stereocenters. The molecular formula is C17H31O8-. The fourth-order valence-electron chi connectivity index (χ4n) is 2.09. The van der Waals surface area contributed by atoms with Crippen molar-refractivity contribution in [1.82, 2.24) is 0 Å². The first-order chi connectivity index (χ1) is 12.1. The highest BCUT2D eigenvalue weighted by Crippen LogP contribution is 2.12. The number of aliphatic carboxylic acids is 1. The van der Waals surface area contributed by atoms with Crippen LogP contribution in [0.5, 0.6) is 0 Å². The van der Waals surface area contributed by atoms with Gasteiger partial charge >= 0.3 is 0 Å². The Labute approximate surface area is 149 Å². The van der Waals surface area contributed by atoms with E-state index >= 15 is 0 Å². The van der Waals surface area contributed by atoms with Gasteiger partial charge in [0.1, 0.15) is 6.61 Å². The zero-order chi connectivity index (χ0) is 18.8. The number of methoxy groups -OCH3 is 1. The lowest BCUT2D eigenvalue weighted by Gasteiger charge is -2.23. The predicted molar refractivity (Wildman–Crippen MR) is 87.7 cm³/mol. The van der Waals surface area contributed by atoms with E-state index in [1.165, 1.54) is 0 Å². The van der Waals surface area contributed by atoms with Gasteiger partial charge in [0, 0.05) is 26.1 Å². The van der Waals surface area contributed by atoms with Gasteiger partial charge in [-0.15, -0.1) is 0 Å². The molecule has 2 atom stereocenters. The molecule has 0 heterocycles.